The maximum Gasteiger partial charge on any atom is 0.340 e. The third-order valence-electron chi connectivity index (χ3n) is 4.74. The molecule has 3 rings (SSSR count). The van der Waals surface area contributed by atoms with Crippen LogP contribution >= 0.6 is 0 Å². The number of aryl methyl sites for hydroxylation is 1. The van der Waals surface area contributed by atoms with E-state index in [1.807, 2.05) is 13.8 Å². The predicted octanol–water partition coefficient (Wildman–Crippen LogP) is 3.38. The number of esters is 1. The normalized spacial score (nSPS) is 12.1. The first kappa shape index (κ1) is 21.2. The van der Waals surface area contributed by atoms with Crippen molar-refractivity contribution in [2.24, 2.45) is 5.92 Å². The van der Waals surface area contributed by atoms with Crippen molar-refractivity contribution in [3.63, 3.8) is 0 Å². The topological polar surface area (TPSA) is 123 Å². The summed E-state index contributed by atoms with van der Waals surface area (Å²) in [4.78, 5) is 36.6. The van der Waals surface area contributed by atoms with Gasteiger partial charge >= 0.3 is 5.97 Å². The minimum atomic E-state index is -0.505. The largest absolute Gasteiger partial charge is 0.462 e. The molecule has 0 bridgehead atoms. The molecule has 0 aliphatic carbocycles. The van der Waals surface area contributed by atoms with Gasteiger partial charge < -0.3 is 19.6 Å². The Labute approximate surface area is 174 Å². The average Bonchev–Trinajstić information content (AvgIpc) is 3.31. The molecule has 1 unspecified atom stereocenters. The van der Waals surface area contributed by atoms with Crippen molar-refractivity contribution in [2.75, 3.05) is 6.61 Å². The molecular weight excluding hydrogens is 386 g/mol. The van der Waals surface area contributed by atoms with Gasteiger partial charge in [0.25, 0.3) is 5.91 Å². The lowest BCUT2D eigenvalue weighted by Gasteiger charge is -2.18. The molecular formula is C21H25N5O4. The molecule has 0 aliphatic rings. The summed E-state index contributed by atoms with van der Waals surface area (Å²) in [6.07, 6.45) is 3.29. The second-order valence-electron chi connectivity index (χ2n) is 7.23. The number of aromatic nitrogens is 4. The van der Waals surface area contributed by atoms with Crippen LogP contribution in [0.3, 0.4) is 0 Å². The number of nitrogens with zero attached hydrogens (tertiary/aromatic N) is 3. The van der Waals surface area contributed by atoms with E-state index in [2.05, 4.69) is 25.4 Å². The van der Waals surface area contributed by atoms with E-state index in [-0.39, 0.29) is 18.4 Å². The molecule has 1 amide bonds. The number of pyridine rings is 1. The lowest BCUT2D eigenvalue weighted by Crippen LogP contribution is -2.32. The predicted molar refractivity (Wildman–Crippen MR) is 109 cm³/mol. The Balaban J connectivity index is 1.85. The van der Waals surface area contributed by atoms with Crippen molar-refractivity contribution in [1.82, 2.24) is 25.4 Å². The molecule has 3 heterocycles. The molecule has 0 saturated carbocycles. The Morgan fingerprint density at radius 3 is 2.57 bits per heavy atom. The summed E-state index contributed by atoms with van der Waals surface area (Å²) in [5.41, 5.74) is 2.56. The Morgan fingerprint density at radius 2 is 1.93 bits per heavy atom. The van der Waals surface area contributed by atoms with E-state index >= 15 is 0 Å². The summed E-state index contributed by atoms with van der Waals surface area (Å²) < 4.78 is 10.5. The molecule has 0 radical (unpaired) electrons. The Morgan fingerprint density at radius 1 is 1.23 bits per heavy atom. The van der Waals surface area contributed by atoms with Gasteiger partial charge in [-0.25, -0.2) is 4.79 Å². The monoisotopic (exact) mass is 411 g/mol. The van der Waals surface area contributed by atoms with Gasteiger partial charge in [0, 0.05) is 23.7 Å². The van der Waals surface area contributed by atoms with Crippen molar-refractivity contribution in [1.29, 1.82) is 0 Å². The molecule has 0 spiro atoms. The Hall–Kier alpha value is -3.49. The first-order valence-electron chi connectivity index (χ1n) is 9.74. The lowest BCUT2D eigenvalue weighted by atomic mass is 10.0. The Kier molecular flexibility index (Phi) is 6.29. The van der Waals surface area contributed by atoms with Crippen LogP contribution in [-0.4, -0.2) is 38.6 Å². The number of carbonyl (C=O) groups is 2. The number of ether oxygens (including phenoxy) is 1. The highest BCUT2D eigenvalue weighted by Crippen LogP contribution is 2.25. The van der Waals surface area contributed by atoms with E-state index < -0.39 is 12.0 Å². The molecule has 3 aromatic heterocycles. The van der Waals surface area contributed by atoms with Crippen molar-refractivity contribution in [3.8, 4) is 11.4 Å². The smallest absolute Gasteiger partial charge is 0.340 e. The fraction of sp³-hybridized carbons (Fsp3) is 0.381. The zero-order valence-electron chi connectivity index (χ0n) is 17.6. The molecule has 9 nitrogen and oxygen atoms in total. The summed E-state index contributed by atoms with van der Waals surface area (Å²) in [5.74, 6) is -0.114. The maximum absolute atomic E-state index is 13.0. The van der Waals surface area contributed by atoms with Gasteiger partial charge in [0.2, 0.25) is 11.7 Å². The number of hydrogen-bond acceptors (Lipinski definition) is 7. The van der Waals surface area contributed by atoms with Crippen LogP contribution in [0.2, 0.25) is 0 Å². The van der Waals surface area contributed by atoms with Crippen LogP contribution < -0.4 is 5.32 Å². The van der Waals surface area contributed by atoms with Crippen molar-refractivity contribution in [3.05, 3.63) is 52.9 Å². The molecule has 3 aromatic rings. The number of rotatable bonds is 7. The van der Waals surface area contributed by atoms with E-state index in [9.17, 15) is 9.59 Å². The summed E-state index contributed by atoms with van der Waals surface area (Å²) >= 11 is 0. The van der Waals surface area contributed by atoms with Gasteiger partial charge in [0.15, 0.2) is 0 Å². The van der Waals surface area contributed by atoms with Gasteiger partial charge in [-0.1, -0.05) is 19.0 Å². The van der Waals surface area contributed by atoms with Crippen LogP contribution in [0.25, 0.3) is 11.4 Å². The van der Waals surface area contributed by atoms with Gasteiger partial charge in [-0.2, -0.15) is 4.98 Å². The van der Waals surface area contributed by atoms with Gasteiger partial charge in [-0.15, -0.1) is 0 Å². The zero-order chi connectivity index (χ0) is 21.8. The van der Waals surface area contributed by atoms with Crippen LogP contribution in [0, 0.1) is 19.8 Å². The second-order valence-corrected chi connectivity index (χ2v) is 7.23. The van der Waals surface area contributed by atoms with E-state index in [4.69, 9.17) is 9.26 Å². The van der Waals surface area contributed by atoms with E-state index in [1.54, 1.807) is 45.3 Å². The highest BCUT2D eigenvalue weighted by molar-refractivity contribution is 6.00. The van der Waals surface area contributed by atoms with Crippen molar-refractivity contribution in [2.45, 2.75) is 40.7 Å². The highest BCUT2D eigenvalue weighted by atomic mass is 16.5. The number of hydrogen-bond donors (Lipinski definition) is 2. The zero-order valence-corrected chi connectivity index (χ0v) is 17.6. The first-order valence-corrected chi connectivity index (χ1v) is 9.74. The molecule has 158 valence electrons. The minimum absolute atomic E-state index is 0.0133. The number of H-pyrrole nitrogens is 1. The van der Waals surface area contributed by atoms with Crippen LogP contribution in [0.5, 0.6) is 0 Å². The molecule has 30 heavy (non-hydrogen) atoms. The molecule has 0 fully saturated rings. The molecule has 2 N–H and O–H groups in total. The minimum Gasteiger partial charge on any atom is -0.462 e. The number of nitrogens with one attached hydrogen (secondary N) is 2. The van der Waals surface area contributed by atoms with Gasteiger partial charge in [0.1, 0.15) is 11.7 Å². The van der Waals surface area contributed by atoms with E-state index in [0.717, 1.165) is 5.56 Å². The quantitative estimate of drug-likeness (QED) is 0.571. The van der Waals surface area contributed by atoms with Crippen LogP contribution in [0.4, 0.5) is 0 Å². The second kappa shape index (κ2) is 8.89. The van der Waals surface area contributed by atoms with E-state index in [0.29, 0.717) is 34.2 Å². The van der Waals surface area contributed by atoms with Crippen LogP contribution in [-0.2, 0) is 4.74 Å². The molecule has 0 aliphatic heterocycles. The van der Waals surface area contributed by atoms with Gasteiger partial charge in [-0.3, -0.25) is 9.78 Å². The fourth-order valence-corrected chi connectivity index (χ4v) is 3.19. The highest BCUT2D eigenvalue weighted by Gasteiger charge is 2.28. The molecule has 1 atom stereocenters. The molecule has 0 aromatic carbocycles. The summed E-state index contributed by atoms with van der Waals surface area (Å²) in [7, 11) is 0. The standard InChI is InChI=1S/C21H25N5O4/c1-6-29-21(28)15-12(4)17(23-13(15)5)19(27)24-16(11(2)3)20-25-18(26-30-20)14-7-9-22-10-8-14/h7-11,16,23H,6H2,1-5H3,(H,24,27). The van der Waals surface area contributed by atoms with Gasteiger partial charge in [-0.05, 0) is 44.4 Å². The third-order valence-corrected chi connectivity index (χ3v) is 4.74. The first-order chi connectivity index (χ1) is 14.3. The number of aromatic amines is 1. The fourth-order valence-electron chi connectivity index (χ4n) is 3.19. The van der Waals surface area contributed by atoms with Gasteiger partial charge in [0.05, 0.1) is 12.2 Å². The Bertz CT molecular complexity index is 1040. The summed E-state index contributed by atoms with van der Waals surface area (Å²) in [5, 5.41) is 6.95. The lowest BCUT2D eigenvalue weighted by molar-refractivity contribution is 0.0525. The number of amides is 1. The molecule has 0 saturated heterocycles. The SMILES string of the molecule is CCOC(=O)c1c(C)[nH]c(C(=O)NC(c2nc(-c3ccncc3)no2)C(C)C)c1C. The summed E-state index contributed by atoms with van der Waals surface area (Å²) in [6.45, 7) is 9.33. The van der Waals surface area contributed by atoms with Crippen molar-refractivity contribution < 1.29 is 18.8 Å². The third kappa shape index (κ3) is 4.24. The van der Waals surface area contributed by atoms with Crippen molar-refractivity contribution >= 4 is 11.9 Å². The molecule has 9 heteroatoms. The van der Waals surface area contributed by atoms with E-state index in [1.165, 1.54) is 0 Å². The maximum atomic E-state index is 13.0. The average molecular weight is 411 g/mol. The summed E-state index contributed by atoms with van der Waals surface area (Å²) in [6, 6.07) is 3.05. The van der Waals surface area contributed by atoms with Crippen LogP contribution in [0.1, 0.15) is 64.8 Å². The number of carbonyl (C=O) groups excluding carboxylic acids is 2. The van der Waals surface area contributed by atoms with Crippen LogP contribution in [0.15, 0.2) is 29.0 Å².